The lowest BCUT2D eigenvalue weighted by Gasteiger charge is -2.42. The van der Waals surface area contributed by atoms with Crippen molar-refractivity contribution in [2.45, 2.75) is 37.6 Å². The van der Waals surface area contributed by atoms with E-state index in [2.05, 4.69) is 4.98 Å². The molecule has 2 saturated heterocycles. The third kappa shape index (κ3) is 2.17. The molecule has 0 N–H and O–H groups in total. The molecule has 0 aliphatic carbocycles. The van der Waals surface area contributed by atoms with E-state index in [-0.39, 0.29) is 23.7 Å². The van der Waals surface area contributed by atoms with Crippen LogP contribution in [0, 0.1) is 0 Å². The second-order valence-corrected chi connectivity index (χ2v) is 5.35. The minimum Gasteiger partial charge on any atom is -0.481 e. The first-order chi connectivity index (χ1) is 9.70. The molecule has 20 heavy (non-hydrogen) atoms. The molecule has 0 spiro atoms. The Bertz CT molecular complexity index is 544. The van der Waals surface area contributed by atoms with Gasteiger partial charge in [0.25, 0.3) is 0 Å². The van der Waals surface area contributed by atoms with Crippen molar-refractivity contribution in [1.29, 1.82) is 0 Å². The highest BCUT2D eigenvalue weighted by Gasteiger charge is 2.42. The zero-order chi connectivity index (χ0) is 14.1. The number of hydrogen-bond donors (Lipinski definition) is 0. The van der Waals surface area contributed by atoms with Crippen LogP contribution in [0.15, 0.2) is 18.2 Å². The first kappa shape index (κ1) is 13.1. The van der Waals surface area contributed by atoms with E-state index in [1.807, 2.05) is 12.1 Å². The van der Waals surface area contributed by atoms with Gasteiger partial charge in [0.05, 0.1) is 18.8 Å². The number of Topliss-reactive ketones (excluding diaryl/α,β-unsaturated/α-hetero) is 1. The number of methoxy groups -OCH3 is 1. The van der Waals surface area contributed by atoms with Crippen LogP contribution in [0.3, 0.4) is 0 Å². The summed E-state index contributed by atoms with van der Waals surface area (Å²) in [4.78, 5) is 30.5. The molecule has 1 aromatic heterocycles. The van der Waals surface area contributed by atoms with E-state index in [1.165, 1.54) is 0 Å². The number of ether oxygens (including phenoxy) is 1. The second kappa shape index (κ2) is 5.23. The Hall–Kier alpha value is -1.91. The van der Waals surface area contributed by atoms with Crippen molar-refractivity contribution >= 4 is 11.7 Å². The largest absolute Gasteiger partial charge is 0.481 e. The summed E-state index contributed by atoms with van der Waals surface area (Å²) in [5.41, 5.74) is 0.849. The molecule has 1 amide bonds. The van der Waals surface area contributed by atoms with E-state index in [0.29, 0.717) is 25.3 Å². The Balaban J connectivity index is 1.94. The van der Waals surface area contributed by atoms with E-state index in [4.69, 9.17) is 4.74 Å². The van der Waals surface area contributed by atoms with E-state index in [0.717, 1.165) is 18.5 Å². The van der Waals surface area contributed by atoms with Gasteiger partial charge in [0.2, 0.25) is 11.8 Å². The second-order valence-electron chi connectivity index (χ2n) is 5.35. The third-order valence-electron chi connectivity index (χ3n) is 4.20. The number of carbonyl (C=O) groups excluding carboxylic acids is 2. The van der Waals surface area contributed by atoms with Gasteiger partial charge in [0, 0.05) is 31.4 Å². The summed E-state index contributed by atoms with van der Waals surface area (Å²) in [6.07, 6.45) is 2.52. The summed E-state index contributed by atoms with van der Waals surface area (Å²) in [6.45, 7) is 0.690. The van der Waals surface area contributed by atoms with Crippen LogP contribution in [-0.2, 0) is 9.59 Å². The fourth-order valence-corrected chi connectivity index (χ4v) is 3.26. The predicted octanol–water partition coefficient (Wildman–Crippen LogP) is 1.53. The zero-order valence-electron chi connectivity index (χ0n) is 11.5. The van der Waals surface area contributed by atoms with Gasteiger partial charge in [-0.2, -0.15) is 0 Å². The molecule has 106 valence electrons. The molecular weight excluding hydrogens is 256 g/mol. The van der Waals surface area contributed by atoms with Crippen LogP contribution in [0.25, 0.3) is 0 Å². The summed E-state index contributed by atoms with van der Waals surface area (Å²) in [5.74, 6) is 0.811. The number of pyridine rings is 1. The molecule has 2 aliphatic rings. The Kier molecular flexibility index (Phi) is 3.42. The third-order valence-corrected chi connectivity index (χ3v) is 4.20. The maximum atomic E-state index is 12.3. The molecule has 0 bridgehead atoms. The average Bonchev–Trinajstić information content (AvgIpc) is 2.50. The first-order valence-corrected chi connectivity index (χ1v) is 7.04. The van der Waals surface area contributed by atoms with Crippen LogP contribution < -0.4 is 4.74 Å². The van der Waals surface area contributed by atoms with Crippen molar-refractivity contribution < 1.29 is 14.3 Å². The lowest BCUT2D eigenvalue weighted by molar-refractivity contribution is -0.147. The summed E-state index contributed by atoms with van der Waals surface area (Å²) in [5, 5.41) is 0. The minimum atomic E-state index is -0.329. The molecule has 5 heteroatoms. The normalized spacial score (nSPS) is 26.4. The Morgan fingerprint density at radius 1 is 1.30 bits per heavy atom. The van der Waals surface area contributed by atoms with E-state index in [1.54, 1.807) is 18.1 Å². The fraction of sp³-hybridized carbons (Fsp3) is 0.533. The van der Waals surface area contributed by atoms with Gasteiger partial charge < -0.3 is 9.64 Å². The van der Waals surface area contributed by atoms with E-state index < -0.39 is 0 Å². The van der Waals surface area contributed by atoms with Crippen molar-refractivity contribution in [2.24, 2.45) is 0 Å². The number of amides is 1. The summed E-state index contributed by atoms with van der Waals surface area (Å²) >= 11 is 0. The molecule has 2 fully saturated rings. The molecule has 0 saturated carbocycles. The zero-order valence-corrected chi connectivity index (χ0v) is 11.5. The topological polar surface area (TPSA) is 59.5 Å². The maximum Gasteiger partial charge on any atom is 0.223 e. The number of ketones is 1. The molecule has 2 aliphatic heterocycles. The molecule has 3 heterocycles. The van der Waals surface area contributed by atoms with Crippen LogP contribution in [0.4, 0.5) is 0 Å². The van der Waals surface area contributed by atoms with Crippen LogP contribution in [-0.4, -0.2) is 41.3 Å². The van der Waals surface area contributed by atoms with E-state index >= 15 is 0 Å². The van der Waals surface area contributed by atoms with Gasteiger partial charge in [-0.3, -0.25) is 9.59 Å². The van der Waals surface area contributed by atoms with Crippen molar-refractivity contribution in [3.63, 3.8) is 0 Å². The van der Waals surface area contributed by atoms with Gasteiger partial charge in [-0.25, -0.2) is 4.98 Å². The highest BCUT2D eigenvalue weighted by molar-refractivity contribution is 5.96. The van der Waals surface area contributed by atoms with Crippen LogP contribution in [0.5, 0.6) is 5.88 Å². The van der Waals surface area contributed by atoms with Crippen molar-refractivity contribution in [1.82, 2.24) is 9.88 Å². The van der Waals surface area contributed by atoms with Gasteiger partial charge in [0.1, 0.15) is 0 Å². The number of fused-ring (bicyclic) bond motifs is 1. The van der Waals surface area contributed by atoms with E-state index in [9.17, 15) is 9.59 Å². The molecule has 2 atom stereocenters. The standard InChI is InChI=1S/C15H18N2O3/c1-20-13-6-2-5-11(16-13)10-4-3-9-17-14(19)8-7-12(18)15(10)17/h2,5-6,10,15H,3-4,7-9H2,1H3/t10-,15-/m1/s1. The minimum absolute atomic E-state index is 0.00407. The van der Waals surface area contributed by atoms with Crippen molar-refractivity contribution in [3.8, 4) is 5.88 Å². The molecule has 0 radical (unpaired) electrons. The maximum absolute atomic E-state index is 12.3. The summed E-state index contributed by atoms with van der Waals surface area (Å²) < 4.78 is 5.15. The highest BCUT2D eigenvalue weighted by Crippen LogP contribution is 2.36. The molecular formula is C15H18N2O3. The smallest absolute Gasteiger partial charge is 0.223 e. The Morgan fingerprint density at radius 2 is 2.15 bits per heavy atom. The van der Waals surface area contributed by atoms with Crippen LogP contribution >= 0.6 is 0 Å². The molecule has 0 aromatic carbocycles. The van der Waals surface area contributed by atoms with Gasteiger partial charge in [-0.05, 0) is 18.9 Å². The molecule has 1 aromatic rings. The Labute approximate surface area is 117 Å². The van der Waals surface area contributed by atoms with Crippen molar-refractivity contribution in [3.05, 3.63) is 23.9 Å². The number of hydrogen-bond acceptors (Lipinski definition) is 4. The molecule has 5 nitrogen and oxygen atoms in total. The number of piperidine rings is 2. The quantitative estimate of drug-likeness (QED) is 0.820. The van der Waals surface area contributed by atoms with Gasteiger partial charge >= 0.3 is 0 Å². The van der Waals surface area contributed by atoms with Crippen molar-refractivity contribution in [2.75, 3.05) is 13.7 Å². The van der Waals surface area contributed by atoms with Crippen LogP contribution in [0.2, 0.25) is 0 Å². The summed E-state index contributed by atoms with van der Waals surface area (Å²) in [6, 6.07) is 5.26. The van der Waals surface area contributed by atoms with Crippen LogP contribution in [0.1, 0.15) is 37.3 Å². The predicted molar refractivity (Wildman–Crippen MR) is 72.5 cm³/mol. The lowest BCUT2D eigenvalue weighted by Crippen LogP contribution is -2.54. The summed E-state index contributed by atoms with van der Waals surface area (Å²) in [7, 11) is 1.58. The van der Waals surface area contributed by atoms with Gasteiger partial charge in [0.15, 0.2) is 5.78 Å². The lowest BCUT2D eigenvalue weighted by atomic mass is 9.80. The number of rotatable bonds is 2. The monoisotopic (exact) mass is 274 g/mol. The number of aromatic nitrogens is 1. The number of carbonyl (C=O) groups is 2. The molecule has 3 rings (SSSR count). The molecule has 0 unspecified atom stereocenters. The average molecular weight is 274 g/mol. The van der Waals surface area contributed by atoms with Gasteiger partial charge in [-0.15, -0.1) is 0 Å². The number of nitrogens with zero attached hydrogens (tertiary/aromatic N) is 2. The first-order valence-electron chi connectivity index (χ1n) is 7.04. The fourth-order valence-electron chi connectivity index (χ4n) is 3.26. The van der Waals surface area contributed by atoms with Gasteiger partial charge in [-0.1, -0.05) is 6.07 Å². The SMILES string of the molecule is COc1cccc([C@H]2CCCN3C(=O)CCC(=O)[C@@H]23)n1. The Morgan fingerprint density at radius 3 is 2.95 bits per heavy atom. The highest BCUT2D eigenvalue weighted by atomic mass is 16.5.